The zero-order chi connectivity index (χ0) is 22.2. The predicted octanol–water partition coefficient (Wildman–Crippen LogP) is 8.40. The fourth-order valence-corrected chi connectivity index (χ4v) is 6.77. The summed E-state index contributed by atoms with van der Waals surface area (Å²) in [6.07, 6.45) is 12.2. The molecule has 168 valence electrons. The molecule has 2 saturated carbocycles. The van der Waals surface area contributed by atoms with Crippen LogP contribution in [0.25, 0.3) is 0 Å². The summed E-state index contributed by atoms with van der Waals surface area (Å²) in [5.41, 5.74) is 7.11. The zero-order valence-corrected chi connectivity index (χ0v) is 20.4. The van der Waals surface area contributed by atoms with Crippen molar-refractivity contribution in [3.8, 4) is 5.75 Å². The second-order valence-electron chi connectivity index (χ2n) is 11.3. The molecule has 2 fully saturated rings. The van der Waals surface area contributed by atoms with Crippen LogP contribution in [0.4, 0.5) is 0 Å². The summed E-state index contributed by atoms with van der Waals surface area (Å²) in [5, 5.41) is 10.2. The number of aromatic hydroxyl groups is 1. The van der Waals surface area contributed by atoms with Crippen LogP contribution in [0.15, 0.2) is 36.4 Å². The van der Waals surface area contributed by atoms with Crippen LogP contribution in [-0.4, -0.2) is 5.11 Å². The Balaban J connectivity index is 1.67. The molecule has 2 aliphatic rings. The lowest BCUT2D eigenvalue weighted by Crippen LogP contribution is -2.41. The van der Waals surface area contributed by atoms with Crippen LogP contribution in [-0.2, 0) is 5.41 Å². The van der Waals surface area contributed by atoms with Gasteiger partial charge in [-0.25, -0.2) is 0 Å². The fraction of sp³-hybridized carbons (Fsp3) is 0.600. The lowest BCUT2D eigenvalue weighted by Gasteiger charge is -2.49. The number of hydrogen-bond acceptors (Lipinski definition) is 1. The average Bonchev–Trinajstić information content (AvgIpc) is 2.78. The molecule has 4 rings (SSSR count). The van der Waals surface area contributed by atoms with Crippen molar-refractivity contribution in [2.45, 2.75) is 97.8 Å². The molecular weight excluding hydrogens is 376 g/mol. The van der Waals surface area contributed by atoms with Gasteiger partial charge < -0.3 is 5.11 Å². The van der Waals surface area contributed by atoms with Crippen LogP contribution in [0.3, 0.4) is 0 Å². The Hall–Kier alpha value is -1.76. The average molecular weight is 419 g/mol. The standard InChI is InChI=1S/C30H42O/c1-21-11-12-26(19-22(21)2)30(27-13-14-28(31)23(3)20-27)17-15-25(16-18-30)29(4,5)24-9-7-6-8-10-24/h11-14,19-20,24-25,31H,6-10,15-18H2,1-5H3. The van der Waals surface area contributed by atoms with Gasteiger partial charge in [0.05, 0.1) is 0 Å². The van der Waals surface area contributed by atoms with E-state index in [0.29, 0.717) is 11.2 Å². The maximum absolute atomic E-state index is 10.2. The largest absolute Gasteiger partial charge is 0.508 e. The summed E-state index contributed by atoms with van der Waals surface area (Å²) < 4.78 is 0. The highest BCUT2D eigenvalue weighted by molar-refractivity contribution is 5.47. The first kappa shape index (κ1) is 22.4. The van der Waals surface area contributed by atoms with E-state index in [9.17, 15) is 5.11 Å². The van der Waals surface area contributed by atoms with Crippen molar-refractivity contribution in [3.63, 3.8) is 0 Å². The summed E-state index contributed by atoms with van der Waals surface area (Å²) in [7, 11) is 0. The van der Waals surface area contributed by atoms with Gasteiger partial charge in [-0.3, -0.25) is 0 Å². The summed E-state index contributed by atoms with van der Waals surface area (Å²) in [6.45, 7) is 11.6. The topological polar surface area (TPSA) is 20.2 Å². The molecule has 0 bridgehead atoms. The molecule has 0 amide bonds. The van der Waals surface area contributed by atoms with E-state index in [4.69, 9.17) is 0 Å². The molecule has 1 nitrogen and oxygen atoms in total. The van der Waals surface area contributed by atoms with E-state index in [1.807, 2.05) is 13.0 Å². The van der Waals surface area contributed by atoms with Gasteiger partial charge in [0.25, 0.3) is 0 Å². The molecule has 0 radical (unpaired) electrons. The molecule has 2 aromatic carbocycles. The number of aryl methyl sites for hydroxylation is 3. The first-order valence-electron chi connectivity index (χ1n) is 12.6. The second-order valence-corrected chi connectivity index (χ2v) is 11.3. The minimum Gasteiger partial charge on any atom is -0.508 e. The number of hydrogen-bond donors (Lipinski definition) is 1. The van der Waals surface area contributed by atoms with Crippen LogP contribution < -0.4 is 0 Å². The van der Waals surface area contributed by atoms with Crippen LogP contribution in [0.1, 0.15) is 99.5 Å². The van der Waals surface area contributed by atoms with Crippen LogP contribution in [0.2, 0.25) is 0 Å². The molecule has 0 atom stereocenters. The molecular formula is C30H42O. The highest BCUT2D eigenvalue weighted by atomic mass is 16.3. The van der Waals surface area contributed by atoms with Crippen molar-refractivity contribution in [2.24, 2.45) is 17.3 Å². The Morgan fingerprint density at radius 1 is 0.710 bits per heavy atom. The molecule has 0 unspecified atom stereocenters. The van der Waals surface area contributed by atoms with Gasteiger partial charge in [0.2, 0.25) is 0 Å². The first-order valence-corrected chi connectivity index (χ1v) is 12.6. The molecule has 0 aromatic heterocycles. The monoisotopic (exact) mass is 418 g/mol. The lowest BCUT2D eigenvalue weighted by molar-refractivity contribution is 0.0467. The van der Waals surface area contributed by atoms with Gasteiger partial charge in [-0.15, -0.1) is 0 Å². The molecule has 31 heavy (non-hydrogen) atoms. The third-order valence-corrected chi connectivity index (χ3v) is 9.36. The van der Waals surface area contributed by atoms with Crippen LogP contribution in [0, 0.1) is 38.0 Å². The molecule has 0 aliphatic heterocycles. The molecule has 2 aromatic rings. The molecule has 1 N–H and O–H groups in total. The van der Waals surface area contributed by atoms with E-state index >= 15 is 0 Å². The van der Waals surface area contributed by atoms with Crippen molar-refractivity contribution in [2.75, 3.05) is 0 Å². The van der Waals surface area contributed by atoms with Gasteiger partial charge in [-0.1, -0.05) is 63.4 Å². The third kappa shape index (κ3) is 4.18. The zero-order valence-electron chi connectivity index (χ0n) is 20.4. The van der Waals surface area contributed by atoms with Gasteiger partial charge in [0, 0.05) is 5.41 Å². The third-order valence-electron chi connectivity index (χ3n) is 9.36. The van der Waals surface area contributed by atoms with Crippen LogP contribution >= 0.6 is 0 Å². The van der Waals surface area contributed by atoms with Gasteiger partial charge in [-0.05, 0) is 110 Å². The maximum atomic E-state index is 10.2. The fourth-order valence-electron chi connectivity index (χ4n) is 6.77. The van der Waals surface area contributed by atoms with E-state index in [-0.39, 0.29) is 5.41 Å². The second kappa shape index (κ2) is 8.64. The summed E-state index contributed by atoms with van der Waals surface area (Å²) in [4.78, 5) is 0. The quantitative estimate of drug-likeness (QED) is 0.528. The maximum Gasteiger partial charge on any atom is 0.118 e. The summed E-state index contributed by atoms with van der Waals surface area (Å²) >= 11 is 0. The van der Waals surface area contributed by atoms with E-state index in [1.54, 1.807) is 0 Å². The molecule has 0 heterocycles. The van der Waals surface area contributed by atoms with Crippen LogP contribution in [0.5, 0.6) is 5.75 Å². The number of benzene rings is 2. The molecule has 0 saturated heterocycles. The lowest BCUT2D eigenvalue weighted by atomic mass is 9.55. The SMILES string of the molecule is Cc1ccc(C2(c3ccc(O)c(C)c3)CCC(C(C)(C)C3CCCCC3)CC2)cc1C. The highest BCUT2D eigenvalue weighted by Gasteiger charge is 2.45. The minimum absolute atomic E-state index is 0.0655. The Morgan fingerprint density at radius 3 is 1.84 bits per heavy atom. The molecule has 0 spiro atoms. The van der Waals surface area contributed by atoms with Crippen molar-refractivity contribution >= 4 is 0 Å². The Morgan fingerprint density at radius 2 is 1.26 bits per heavy atom. The molecule has 2 aliphatic carbocycles. The number of phenols is 1. The van der Waals surface area contributed by atoms with E-state index in [0.717, 1.165) is 17.4 Å². The number of phenolic OH excluding ortho intramolecular Hbond substituents is 1. The molecule has 1 heteroatoms. The van der Waals surface area contributed by atoms with Gasteiger partial charge in [0.15, 0.2) is 0 Å². The van der Waals surface area contributed by atoms with Crippen molar-refractivity contribution < 1.29 is 5.11 Å². The summed E-state index contributed by atoms with van der Waals surface area (Å²) in [5.74, 6) is 2.12. The van der Waals surface area contributed by atoms with Gasteiger partial charge in [0.1, 0.15) is 5.75 Å². The van der Waals surface area contributed by atoms with Crippen molar-refractivity contribution in [3.05, 3.63) is 64.2 Å². The van der Waals surface area contributed by atoms with E-state index < -0.39 is 0 Å². The van der Waals surface area contributed by atoms with E-state index in [1.165, 1.54) is 80.0 Å². The highest BCUT2D eigenvalue weighted by Crippen LogP contribution is 2.54. The number of rotatable bonds is 4. The Kier molecular flexibility index (Phi) is 6.25. The summed E-state index contributed by atoms with van der Waals surface area (Å²) in [6, 6.07) is 13.5. The minimum atomic E-state index is 0.0655. The Labute approximate surface area is 190 Å². The first-order chi connectivity index (χ1) is 14.7. The van der Waals surface area contributed by atoms with Gasteiger partial charge in [-0.2, -0.15) is 0 Å². The van der Waals surface area contributed by atoms with Crippen molar-refractivity contribution in [1.82, 2.24) is 0 Å². The normalized spacial score (nSPS) is 25.5. The smallest absolute Gasteiger partial charge is 0.118 e. The van der Waals surface area contributed by atoms with E-state index in [2.05, 4.69) is 58.0 Å². The van der Waals surface area contributed by atoms with Crippen molar-refractivity contribution in [1.29, 1.82) is 0 Å². The van der Waals surface area contributed by atoms with Gasteiger partial charge >= 0.3 is 0 Å². The predicted molar refractivity (Wildman–Crippen MR) is 132 cm³/mol. The Bertz CT molecular complexity index is 855.